The van der Waals surface area contributed by atoms with Gasteiger partial charge in [-0.25, -0.2) is 0 Å². The summed E-state index contributed by atoms with van der Waals surface area (Å²) < 4.78 is 0. The maximum Gasteiger partial charge on any atom is 0.0540 e. The zero-order valence-electron chi connectivity index (χ0n) is 33.6. The van der Waals surface area contributed by atoms with Crippen molar-refractivity contribution < 1.29 is 0 Å². The molecule has 61 heavy (non-hydrogen) atoms. The molecule has 0 aliphatic rings. The minimum atomic E-state index is 1.09. The summed E-state index contributed by atoms with van der Waals surface area (Å²) in [6.45, 7) is 0. The summed E-state index contributed by atoms with van der Waals surface area (Å²) in [5.74, 6) is 0. The largest absolute Gasteiger partial charge is 0.310 e. The van der Waals surface area contributed by atoms with Crippen molar-refractivity contribution in [3.05, 3.63) is 249 Å². The number of benzene rings is 11. The van der Waals surface area contributed by atoms with Gasteiger partial charge >= 0.3 is 0 Å². The maximum atomic E-state index is 2.45. The lowest BCUT2D eigenvalue weighted by Crippen LogP contribution is -2.11. The fraction of sp³-hybridized carbons (Fsp3) is 0. The Morgan fingerprint density at radius 1 is 0.197 bits per heavy atom. The van der Waals surface area contributed by atoms with E-state index in [4.69, 9.17) is 0 Å². The summed E-state index contributed by atoms with van der Waals surface area (Å²) in [7, 11) is 0. The van der Waals surface area contributed by atoms with Crippen LogP contribution in [0, 0.1) is 0 Å². The predicted octanol–water partition coefficient (Wildman–Crippen LogP) is 17.0. The van der Waals surface area contributed by atoms with Gasteiger partial charge in [0.25, 0.3) is 0 Å². The Morgan fingerprint density at radius 2 is 0.590 bits per heavy atom. The summed E-state index contributed by atoms with van der Waals surface area (Å²) >= 11 is 0. The van der Waals surface area contributed by atoms with Crippen molar-refractivity contribution in [3.63, 3.8) is 0 Å². The molecule has 0 aliphatic heterocycles. The van der Waals surface area contributed by atoms with Gasteiger partial charge in [0.15, 0.2) is 0 Å². The molecule has 0 bridgehead atoms. The topological polar surface area (TPSA) is 3.24 Å². The third-order valence-electron chi connectivity index (χ3n) is 12.1. The van der Waals surface area contributed by atoms with Gasteiger partial charge in [0.1, 0.15) is 0 Å². The van der Waals surface area contributed by atoms with Gasteiger partial charge < -0.3 is 4.90 Å². The van der Waals surface area contributed by atoms with Crippen molar-refractivity contribution in [2.24, 2.45) is 0 Å². The highest BCUT2D eigenvalue weighted by atomic mass is 15.1. The van der Waals surface area contributed by atoms with Crippen LogP contribution in [0.3, 0.4) is 0 Å². The van der Waals surface area contributed by atoms with E-state index in [1.807, 2.05) is 0 Å². The molecule has 1 nitrogen and oxygen atoms in total. The molecule has 11 aromatic carbocycles. The number of nitrogens with zero attached hydrogens (tertiary/aromatic N) is 1. The SMILES string of the molecule is c1ccc(-c2ccc(N(c3ccc4c5ccccc5c5ccccc5c4c3)c3ccc(-c4ccc(-c5ccccc5)cc4-c4ccccc4)cc3-c3ccccc3)cc2)cc1. The molecule has 0 spiro atoms. The first-order valence-corrected chi connectivity index (χ1v) is 21.0. The van der Waals surface area contributed by atoms with E-state index in [0.717, 1.165) is 33.8 Å². The average Bonchev–Trinajstić information content (AvgIpc) is 3.35. The molecule has 11 aromatic rings. The Morgan fingerprint density at radius 3 is 1.16 bits per heavy atom. The van der Waals surface area contributed by atoms with Gasteiger partial charge in [-0.05, 0) is 125 Å². The smallest absolute Gasteiger partial charge is 0.0540 e. The Balaban J connectivity index is 1.14. The van der Waals surface area contributed by atoms with Crippen LogP contribution in [0.4, 0.5) is 17.1 Å². The fourth-order valence-electron chi connectivity index (χ4n) is 9.11. The zero-order chi connectivity index (χ0) is 40.5. The molecule has 0 fully saturated rings. The van der Waals surface area contributed by atoms with Crippen molar-refractivity contribution >= 4 is 49.4 Å². The maximum absolute atomic E-state index is 2.45. The quantitative estimate of drug-likeness (QED) is 0.139. The molecule has 0 aliphatic carbocycles. The highest BCUT2D eigenvalue weighted by Gasteiger charge is 2.21. The van der Waals surface area contributed by atoms with Crippen LogP contribution >= 0.6 is 0 Å². The van der Waals surface area contributed by atoms with Gasteiger partial charge in [-0.3, -0.25) is 0 Å². The van der Waals surface area contributed by atoms with Crippen LogP contribution in [0.1, 0.15) is 0 Å². The van der Waals surface area contributed by atoms with Crippen molar-refractivity contribution in [1.82, 2.24) is 0 Å². The van der Waals surface area contributed by atoms with Gasteiger partial charge in [-0.1, -0.05) is 206 Å². The van der Waals surface area contributed by atoms with Gasteiger partial charge in [0.05, 0.1) is 5.69 Å². The summed E-state index contributed by atoms with van der Waals surface area (Å²) in [4.78, 5) is 2.45. The fourth-order valence-corrected chi connectivity index (χ4v) is 9.11. The molecule has 0 unspecified atom stereocenters. The third-order valence-corrected chi connectivity index (χ3v) is 12.1. The standard InChI is InChI=1S/C60H41N/c1-5-17-42(18-6-1)44-29-33-49(34-30-44)61(50-35-37-56-54-27-14-13-25-52(54)53-26-15-16-28-55(53)59(56)41-50)60-38-32-48(40-58(60)46-23-11-4-12-24-46)51-36-31-47(43-19-7-2-8-20-43)39-57(51)45-21-9-3-10-22-45/h1-41H. The molecule has 0 radical (unpaired) electrons. The minimum Gasteiger partial charge on any atom is -0.310 e. The first kappa shape index (κ1) is 36.1. The molecule has 0 atom stereocenters. The van der Waals surface area contributed by atoms with Gasteiger partial charge in [0, 0.05) is 16.9 Å². The molecule has 0 saturated carbocycles. The van der Waals surface area contributed by atoms with Crippen molar-refractivity contribution in [2.45, 2.75) is 0 Å². The van der Waals surface area contributed by atoms with Gasteiger partial charge in [-0.2, -0.15) is 0 Å². The lowest BCUT2D eigenvalue weighted by atomic mass is 9.89. The number of hydrogen-bond donors (Lipinski definition) is 0. The first-order valence-electron chi connectivity index (χ1n) is 21.0. The molecular formula is C60H41N. The van der Waals surface area contributed by atoms with E-state index >= 15 is 0 Å². The minimum absolute atomic E-state index is 1.09. The molecule has 11 rings (SSSR count). The van der Waals surface area contributed by atoms with Crippen molar-refractivity contribution in [2.75, 3.05) is 4.90 Å². The van der Waals surface area contributed by atoms with Crippen molar-refractivity contribution in [3.8, 4) is 55.6 Å². The van der Waals surface area contributed by atoms with E-state index in [2.05, 4.69) is 254 Å². The highest BCUT2D eigenvalue weighted by Crippen LogP contribution is 2.46. The predicted molar refractivity (Wildman–Crippen MR) is 261 cm³/mol. The van der Waals surface area contributed by atoms with Gasteiger partial charge in [0.2, 0.25) is 0 Å². The zero-order valence-corrected chi connectivity index (χ0v) is 33.6. The van der Waals surface area contributed by atoms with Crippen LogP contribution < -0.4 is 4.90 Å². The first-order chi connectivity index (χ1) is 30.3. The van der Waals surface area contributed by atoms with Crippen LogP contribution in [0.2, 0.25) is 0 Å². The molecule has 0 saturated heterocycles. The lowest BCUT2D eigenvalue weighted by Gasteiger charge is -2.29. The van der Waals surface area contributed by atoms with E-state index in [1.54, 1.807) is 0 Å². The number of anilines is 3. The highest BCUT2D eigenvalue weighted by molar-refractivity contribution is 6.25. The van der Waals surface area contributed by atoms with Crippen LogP contribution in [0.25, 0.3) is 88.0 Å². The van der Waals surface area contributed by atoms with Crippen LogP contribution in [0.15, 0.2) is 249 Å². The van der Waals surface area contributed by atoms with E-state index in [0.29, 0.717) is 0 Å². The van der Waals surface area contributed by atoms with E-state index in [-0.39, 0.29) is 0 Å². The number of rotatable bonds is 8. The number of fused-ring (bicyclic) bond motifs is 6. The summed E-state index contributed by atoms with van der Waals surface area (Å²) in [6, 6.07) is 90.5. The second-order valence-corrected chi connectivity index (χ2v) is 15.7. The van der Waals surface area contributed by atoms with Crippen LogP contribution in [-0.2, 0) is 0 Å². The molecule has 0 aromatic heterocycles. The molecular weight excluding hydrogens is 735 g/mol. The molecule has 0 amide bonds. The molecule has 286 valence electrons. The Hall–Kier alpha value is -8.00. The molecule has 0 heterocycles. The molecule has 1 heteroatoms. The molecule has 0 N–H and O–H groups in total. The second kappa shape index (κ2) is 15.6. The average molecular weight is 776 g/mol. The second-order valence-electron chi connectivity index (χ2n) is 15.7. The summed E-state index contributed by atoms with van der Waals surface area (Å²) in [5, 5.41) is 7.56. The van der Waals surface area contributed by atoms with Crippen molar-refractivity contribution in [1.29, 1.82) is 0 Å². The Bertz CT molecular complexity index is 3280. The van der Waals surface area contributed by atoms with Crippen LogP contribution in [0.5, 0.6) is 0 Å². The van der Waals surface area contributed by atoms with Crippen LogP contribution in [-0.4, -0.2) is 0 Å². The van der Waals surface area contributed by atoms with Gasteiger partial charge in [-0.15, -0.1) is 0 Å². The summed E-state index contributed by atoms with van der Waals surface area (Å²) in [6.07, 6.45) is 0. The number of hydrogen-bond acceptors (Lipinski definition) is 1. The third kappa shape index (κ3) is 6.73. The van der Waals surface area contributed by atoms with E-state index in [1.165, 1.54) is 71.3 Å². The van der Waals surface area contributed by atoms with E-state index in [9.17, 15) is 0 Å². The monoisotopic (exact) mass is 775 g/mol. The Kier molecular flexibility index (Phi) is 9.26. The Labute approximate surface area is 357 Å². The van der Waals surface area contributed by atoms with E-state index < -0.39 is 0 Å². The summed E-state index contributed by atoms with van der Waals surface area (Å²) in [5.41, 5.74) is 15.1. The lowest BCUT2D eigenvalue weighted by molar-refractivity contribution is 1.29. The normalized spacial score (nSPS) is 11.3.